The van der Waals surface area contributed by atoms with Crippen LogP contribution >= 0.6 is 0 Å². The van der Waals surface area contributed by atoms with Crippen molar-refractivity contribution in [2.75, 3.05) is 6.61 Å². The lowest BCUT2D eigenvalue weighted by molar-refractivity contribution is -0.120. The summed E-state index contributed by atoms with van der Waals surface area (Å²) in [6.45, 7) is 2.51. The molecule has 0 aliphatic carbocycles. The molecular weight excluding hydrogens is 266 g/mol. The molecule has 5 nitrogen and oxygen atoms in total. The molecule has 0 aliphatic rings. The highest BCUT2D eigenvalue weighted by Gasteiger charge is 2.04. The third kappa shape index (κ3) is 4.21. The Balaban J connectivity index is 1.93. The summed E-state index contributed by atoms with van der Waals surface area (Å²) in [4.78, 5) is 11.8. The van der Waals surface area contributed by atoms with Crippen LogP contribution in [0.25, 0.3) is 0 Å². The Bertz CT molecular complexity index is 632. The van der Waals surface area contributed by atoms with Gasteiger partial charge in [0.2, 0.25) is 5.91 Å². The SMILES string of the molecule is CCOc1ccccc1/C=N\NC(=O)Cc1cccn1C. The number of ether oxygens (including phenoxy) is 1. The van der Waals surface area contributed by atoms with E-state index in [4.69, 9.17) is 4.74 Å². The van der Waals surface area contributed by atoms with E-state index in [2.05, 4.69) is 10.5 Å². The molecule has 0 atom stereocenters. The fourth-order valence-corrected chi connectivity index (χ4v) is 1.93. The first-order valence-corrected chi connectivity index (χ1v) is 6.84. The van der Waals surface area contributed by atoms with Crippen molar-refractivity contribution >= 4 is 12.1 Å². The van der Waals surface area contributed by atoms with Gasteiger partial charge in [0.1, 0.15) is 5.75 Å². The highest BCUT2D eigenvalue weighted by molar-refractivity contribution is 5.85. The van der Waals surface area contributed by atoms with Gasteiger partial charge in [0.05, 0.1) is 19.2 Å². The van der Waals surface area contributed by atoms with Crippen LogP contribution in [0.15, 0.2) is 47.7 Å². The average molecular weight is 285 g/mol. The Labute approximate surface area is 124 Å². The molecule has 0 saturated heterocycles. The number of rotatable bonds is 6. The van der Waals surface area contributed by atoms with Gasteiger partial charge in [-0.2, -0.15) is 5.10 Å². The molecule has 2 rings (SSSR count). The van der Waals surface area contributed by atoms with Gasteiger partial charge in [0, 0.05) is 24.5 Å². The van der Waals surface area contributed by atoms with Gasteiger partial charge in [-0.3, -0.25) is 4.79 Å². The Morgan fingerprint density at radius 1 is 1.33 bits per heavy atom. The van der Waals surface area contributed by atoms with Gasteiger partial charge in [0.25, 0.3) is 0 Å². The van der Waals surface area contributed by atoms with Crippen molar-refractivity contribution in [2.45, 2.75) is 13.3 Å². The van der Waals surface area contributed by atoms with Crippen LogP contribution < -0.4 is 10.2 Å². The van der Waals surface area contributed by atoms with Gasteiger partial charge >= 0.3 is 0 Å². The molecular formula is C16H19N3O2. The molecule has 110 valence electrons. The maximum absolute atomic E-state index is 11.8. The normalized spacial score (nSPS) is 10.8. The smallest absolute Gasteiger partial charge is 0.245 e. The number of hydrogen-bond acceptors (Lipinski definition) is 3. The highest BCUT2D eigenvalue weighted by atomic mass is 16.5. The minimum atomic E-state index is -0.151. The molecule has 0 saturated carbocycles. The van der Waals surface area contributed by atoms with Crippen LogP contribution in [0.1, 0.15) is 18.2 Å². The molecule has 0 unspecified atom stereocenters. The molecule has 0 fully saturated rings. The van der Waals surface area contributed by atoms with Crippen LogP contribution in [-0.4, -0.2) is 23.3 Å². The van der Waals surface area contributed by atoms with Gasteiger partial charge in [0.15, 0.2) is 0 Å². The van der Waals surface area contributed by atoms with E-state index in [0.717, 1.165) is 17.0 Å². The molecule has 1 aromatic heterocycles. The molecule has 1 amide bonds. The molecule has 1 aromatic carbocycles. The molecule has 1 N–H and O–H groups in total. The standard InChI is InChI=1S/C16H19N3O2/c1-3-21-15-9-5-4-7-13(15)12-17-18-16(20)11-14-8-6-10-19(14)2/h4-10,12H,3,11H2,1-2H3,(H,18,20)/b17-12-. The second-order valence-electron chi connectivity index (χ2n) is 4.55. The van der Waals surface area contributed by atoms with Gasteiger partial charge in [-0.15, -0.1) is 0 Å². The van der Waals surface area contributed by atoms with E-state index in [-0.39, 0.29) is 5.91 Å². The van der Waals surface area contributed by atoms with Crippen molar-refractivity contribution in [3.63, 3.8) is 0 Å². The Hall–Kier alpha value is -2.56. The number of amides is 1. The second-order valence-corrected chi connectivity index (χ2v) is 4.55. The maximum Gasteiger partial charge on any atom is 0.245 e. The number of aromatic nitrogens is 1. The van der Waals surface area contributed by atoms with E-state index < -0.39 is 0 Å². The van der Waals surface area contributed by atoms with Gasteiger partial charge < -0.3 is 9.30 Å². The monoisotopic (exact) mass is 285 g/mol. The van der Waals surface area contributed by atoms with E-state index in [1.165, 1.54) is 0 Å². The van der Waals surface area contributed by atoms with E-state index in [1.807, 2.05) is 61.1 Å². The van der Waals surface area contributed by atoms with Crippen molar-refractivity contribution in [2.24, 2.45) is 12.1 Å². The lowest BCUT2D eigenvalue weighted by Crippen LogP contribution is -2.20. The average Bonchev–Trinajstić information content (AvgIpc) is 2.86. The zero-order valence-corrected chi connectivity index (χ0v) is 12.2. The summed E-state index contributed by atoms with van der Waals surface area (Å²) in [6, 6.07) is 11.4. The summed E-state index contributed by atoms with van der Waals surface area (Å²) in [6.07, 6.45) is 3.80. The largest absolute Gasteiger partial charge is 0.493 e. The Morgan fingerprint density at radius 3 is 2.86 bits per heavy atom. The van der Waals surface area contributed by atoms with E-state index in [1.54, 1.807) is 6.21 Å². The summed E-state index contributed by atoms with van der Waals surface area (Å²) in [7, 11) is 1.91. The van der Waals surface area contributed by atoms with Crippen molar-refractivity contribution in [1.29, 1.82) is 0 Å². The zero-order valence-electron chi connectivity index (χ0n) is 12.2. The van der Waals surface area contributed by atoms with Crippen LogP contribution in [0.4, 0.5) is 0 Å². The summed E-state index contributed by atoms with van der Waals surface area (Å²) in [5.74, 6) is 0.599. The third-order valence-electron chi connectivity index (χ3n) is 3.00. The van der Waals surface area contributed by atoms with E-state index in [0.29, 0.717) is 13.0 Å². The first kappa shape index (κ1) is 14.8. The van der Waals surface area contributed by atoms with Crippen molar-refractivity contribution < 1.29 is 9.53 Å². The number of para-hydroxylation sites is 1. The lowest BCUT2D eigenvalue weighted by atomic mass is 10.2. The van der Waals surface area contributed by atoms with Crippen molar-refractivity contribution in [3.05, 3.63) is 53.9 Å². The number of carbonyl (C=O) groups is 1. The van der Waals surface area contributed by atoms with Crippen LogP contribution in [0.5, 0.6) is 5.75 Å². The minimum Gasteiger partial charge on any atom is -0.493 e. The number of carbonyl (C=O) groups excluding carboxylic acids is 1. The molecule has 1 heterocycles. The predicted molar refractivity (Wildman–Crippen MR) is 82.5 cm³/mol. The van der Waals surface area contributed by atoms with E-state index >= 15 is 0 Å². The number of aryl methyl sites for hydroxylation is 1. The number of benzene rings is 1. The predicted octanol–water partition coefficient (Wildman–Crippen LogP) is 2.12. The van der Waals surface area contributed by atoms with Crippen LogP contribution in [0.3, 0.4) is 0 Å². The maximum atomic E-state index is 11.8. The Kier molecular flexibility index (Phi) is 5.15. The highest BCUT2D eigenvalue weighted by Crippen LogP contribution is 2.15. The quantitative estimate of drug-likeness (QED) is 0.653. The number of hydrogen-bond donors (Lipinski definition) is 1. The zero-order chi connectivity index (χ0) is 15.1. The molecule has 2 aromatic rings. The second kappa shape index (κ2) is 7.28. The topological polar surface area (TPSA) is 55.6 Å². The van der Waals surface area contributed by atoms with Crippen molar-refractivity contribution in [1.82, 2.24) is 9.99 Å². The fourth-order valence-electron chi connectivity index (χ4n) is 1.93. The molecule has 0 spiro atoms. The van der Waals surface area contributed by atoms with E-state index in [9.17, 15) is 4.79 Å². The van der Waals surface area contributed by atoms with Gasteiger partial charge in [-0.25, -0.2) is 5.43 Å². The fraction of sp³-hybridized carbons (Fsp3) is 0.250. The van der Waals surface area contributed by atoms with Gasteiger partial charge in [-0.05, 0) is 31.2 Å². The summed E-state index contributed by atoms with van der Waals surface area (Å²) >= 11 is 0. The third-order valence-corrected chi connectivity index (χ3v) is 3.00. The molecule has 0 aliphatic heterocycles. The summed E-state index contributed by atoms with van der Waals surface area (Å²) in [5, 5.41) is 3.98. The number of nitrogens with zero attached hydrogens (tertiary/aromatic N) is 2. The molecule has 21 heavy (non-hydrogen) atoms. The number of hydrazone groups is 1. The van der Waals surface area contributed by atoms with Gasteiger partial charge in [-0.1, -0.05) is 12.1 Å². The minimum absolute atomic E-state index is 0.151. The lowest BCUT2D eigenvalue weighted by Gasteiger charge is -2.06. The number of nitrogens with one attached hydrogen (secondary N) is 1. The van der Waals surface area contributed by atoms with Crippen LogP contribution in [0, 0.1) is 0 Å². The first-order chi connectivity index (χ1) is 10.2. The molecule has 0 bridgehead atoms. The molecule has 0 radical (unpaired) electrons. The first-order valence-electron chi connectivity index (χ1n) is 6.84. The van der Waals surface area contributed by atoms with Crippen LogP contribution in [0.2, 0.25) is 0 Å². The van der Waals surface area contributed by atoms with Crippen molar-refractivity contribution in [3.8, 4) is 5.75 Å². The summed E-state index contributed by atoms with van der Waals surface area (Å²) < 4.78 is 7.40. The molecule has 5 heteroatoms. The summed E-state index contributed by atoms with van der Waals surface area (Å²) in [5.41, 5.74) is 4.30. The Morgan fingerprint density at radius 2 is 2.14 bits per heavy atom. The van der Waals surface area contributed by atoms with Crippen LogP contribution in [-0.2, 0) is 18.3 Å².